The minimum atomic E-state index is -3.72. The Hall–Kier alpha value is -3.52. The number of aromatic nitrogens is 3. The van der Waals surface area contributed by atoms with Crippen molar-refractivity contribution in [1.29, 1.82) is 0 Å². The largest absolute Gasteiger partial charge is 0.298 e. The molecule has 0 bridgehead atoms. The zero-order valence-electron chi connectivity index (χ0n) is 16.0. The lowest BCUT2D eigenvalue weighted by Gasteiger charge is -2.13. The fraction of sp³-hybridized carbons (Fsp3) is 0.0952. The minimum Gasteiger partial charge on any atom is -0.298 e. The first kappa shape index (κ1) is 18.8. The lowest BCUT2D eigenvalue weighted by Crippen LogP contribution is -2.22. The van der Waals surface area contributed by atoms with E-state index in [1.165, 1.54) is 13.3 Å². The van der Waals surface area contributed by atoms with Crippen LogP contribution in [0, 0.1) is 6.92 Å². The lowest BCUT2D eigenvalue weighted by atomic mass is 10.2. The van der Waals surface area contributed by atoms with E-state index in [2.05, 4.69) is 15.1 Å². The first-order valence-electron chi connectivity index (χ1n) is 8.93. The predicted molar refractivity (Wildman–Crippen MR) is 112 cm³/mol. The fourth-order valence-electron chi connectivity index (χ4n) is 2.85. The maximum absolute atomic E-state index is 12.7. The van der Waals surface area contributed by atoms with Gasteiger partial charge in [0.15, 0.2) is 0 Å². The quantitative estimate of drug-likeness (QED) is 0.377. The highest BCUT2D eigenvalue weighted by atomic mass is 32.2. The van der Waals surface area contributed by atoms with Gasteiger partial charge < -0.3 is 0 Å². The van der Waals surface area contributed by atoms with Crippen LogP contribution in [0.15, 0.2) is 83.2 Å². The molecule has 7 nitrogen and oxygen atoms in total. The van der Waals surface area contributed by atoms with E-state index in [9.17, 15) is 8.42 Å². The molecule has 4 rings (SSSR count). The summed E-state index contributed by atoms with van der Waals surface area (Å²) in [4.78, 5) is 8.90. The molecule has 146 valence electrons. The monoisotopic (exact) mass is 405 g/mol. The number of nitrogens with zero attached hydrogens (tertiary/aromatic N) is 5. The smallest absolute Gasteiger partial charge is 0.278 e. The standard InChI is InChI=1S/C21H19N5O2S/c1-16-6-9-19(10-7-16)29(27,28)25(2)24-14-18-13-23-21-11-8-17(15-26(18)21)20-5-3-4-12-22-20/h3-15H,1-2H3. The van der Waals surface area contributed by atoms with Gasteiger partial charge in [0.25, 0.3) is 10.0 Å². The molecule has 0 radical (unpaired) electrons. The summed E-state index contributed by atoms with van der Waals surface area (Å²) in [5, 5.41) is 4.13. The maximum atomic E-state index is 12.7. The Labute approximate surface area is 169 Å². The molecule has 0 unspecified atom stereocenters. The third-order valence-electron chi connectivity index (χ3n) is 4.51. The van der Waals surface area contributed by atoms with Gasteiger partial charge in [-0.15, -0.1) is 0 Å². The van der Waals surface area contributed by atoms with E-state index in [-0.39, 0.29) is 4.90 Å². The van der Waals surface area contributed by atoms with Crippen LogP contribution in [0.3, 0.4) is 0 Å². The molecule has 0 aliphatic carbocycles. The molecule has 0 atom stereocenters. The van der Waals surface area contributed by atoms with Crippen LogP contribution in [0.25, 0.3) is 16.9 Å². The number of fused-ring (bicyclic) bond motifs is 1. The Morgan fingerprint density at radius 3 is 2.55 bits per heavy atom. The van der Waals surface area contributed by atoms with Crippen molar-refractivity contribution in [2.45, 2.75) is 11.8 Å². The van der Waals surface area contributed by atoms with Gasteiger partial charge >= 0.3 is 0 Å². The molecule has 0 spiro atoms. The number of rotatable bonds is 5. The van der Waals surface area contributed by atoms with E-state index in [0.29, 0.717) is 5.69 Å². The highest BCUT2D eigenvalue weighted by Crippen LogP contribution is 2.19. The third-order valence-corrected chi connectivity index (χ3v) is 6.17. The topological polar surface area (TPSA) is 79.9 Å². The first-order chi connectivity index (χ1) is 13.9. The van der Waals surface area contributed by atoms with Crippen molar-refractivity contribution >= 4 is 21.9 Å². The van der Waals surface area contributed by atoms with Crippen molar-refractivity contribution in [3.63, 3.8) is 0 Å². The Kier molecular flexibility index (Phi) is 4.85. The summed E-state index contributed by atoms with van der Waals surface area (Å²) in [6.45, 7) is 1.90. The molecule has 0 aliphatic heterocycles. The summed E-state index contributed by atoms with van der Waals surface area (Å²) >= 11 is 0. The van der Waals surface area contributed by atoms with Crippen LogP contribution in [0.4, 0.5) is 0 Å². The molecular weight excluding hydrogens is 386 g/mol. The average molecular weight is 405 g/mol. The van der Waals surface area contributed by atoms with Gasteiger partial charge in [-0.1, -0.05) is 23.8 Å². The lowest BCUT2D eigenvalue weighted by molar-refractivity contribution is 0.491. The second kappa shape index (κ2) is 7.48. The minimum absolute atomic E-state index is 0.193. The molecule has 0 fully saturated rings. The van der Waals surface area contributed by atoms with Crippen molar-refractivity contribution in [1.82, 2.24) is 18.8 Å². The molecule has 3 aromatic heterocycles. The van der Waals surface area contributed by atoms with Gasteiger partial charge in [0, 0.05) is 25.0 Å². The van der Waals surface area contributed by atoms with Gasteiger partial charge in [0.1, 0.15) is 5.65 Å². The van der Waals surface area contributed by atoms with Crippen molar-refractivity contribution in [3.05, 3.63) is 84.4 Å². The van der Waals surface area contributed by atoms with Crippen LogP contribution in [0.5, 0.6) is 0 Å². The Morgan fingerprint density at radius 1 is 1.03 bits per heavy atom. The van der Waals surface area contributed by atoms with E-state index in [0.717, 1.165) is 26.9 Å². The Bertz CT molecular complexity index is 1280. The zero-order chi connectivity index (χ0) is 20.4. The number of pyridine rings is 2. The molecule has 0 amide bonds. The number of benzene rings is 1. The average Bonchev–Trinajstić information content (AvgIpc) is 3.15. The molecule has 8 heteroatoms. The van der Waals surface area contributed by atoms with Gasteiger partial charge in [0.2, 0.25) is 0 Å². The Morgan fingerprint density at radius 2 is 1.83 bits per heavy atom. The van der Waals surface area contributed by atoms with Gasteiger partial charge in [0.05, 0.1) is 28.7 Å². The second-order valence-corrected chi connectivity index (χ2v) is 8.49. The summed E-state index contributed by atoms with van der Waals surface area (Å²) in [5.74, 6) is 0. The molecule has 0 N–H and O–H groups in total. The summed E-state index contributed by atoms with van der Waals surface area (Å²) in [6.07, 6.45) is 6.77. The Balaban J connectivity index is 1.65. The van der Waals surface area contributed by atoms with Gasteiger partial charge in [-0.05, 0) is 43.3 Å². The second-order valence-electron chi connectivity index (χ2n) is 6.54. The number of hydrazone groups is 1. The van der Waals surface area contributed by atoms with Crippen molar-refractivity contribution in [3.8, 4) is 11.3 Å². The molecule has 4 aromatic rings. The van der Waals surface area contributed by atoms with E-state index in [1.54, 1.807) is 36.7 Å². The van der Waals surface area contributed by atoms with Crippen LogP contribution in [0.2, 0.25) is 0 Å². The normalized spacial score (nSPS) is 11.9. The number of imidazole rings is 1. The molecule has 29 heavy (non-hydrogen) atoms. The number of aryl methyl sites for hydroxylation is 1. The molecule has 1 aromatic carbocycles. The van der Waals surface area contributed by atoms with E-state index in [4.69, 9.17) is 0 Å². The van der Waals surface area contributed by atoms with Crippen molar-refractivity contribution in [2.75, 3.05) is 7.05 Å². The summed E-state index contributed by atoms with van der Waals surface area (Å²) in [6, 6.07) is 16.2. The zero-order valence-corrected chi connectivity index (χ0v) is 16.8. The number of sulfonamides is 1. The molecule has 3 heterocycles. The highest BCUT2D eigenvalue weighted by Gasteiger charge is 2.18. The van der Waals surface area contributed by atoms with Gasteiger partial charge in [-0.2, -0.15) is 17.9 Å². The molecule has 0 saturated carbocycles. The van der Waals surface area contributed by atoms with Gasteiger partial charge in [-0.25, -0.2) is 4.98 Å². The summed E-state index contributed by atoms with van der Waals surface area (Å²) in [7, 11) is -2.31. The van der Waals surface area contributed by atoms with Crippen LogP contribution >= 0.6 is 0 Å². The number of hydrogen-bond acceptors (Lipinski definition) is 5. The highest BCUT2D eigenvalue weighted by molar-refractivity contribution is 7.89. The van der Waals surface area contributed by atoms with Crippen LogP contribution in [-0.2, 0) is 10.0 Å². The summed E-state index contributed by atoms with van der Waals surface area (Å²) < 4.78 is 28.2. The predicted octanol–water partition coefficient (Wildman–Crippen LogP) is 3.36. The van der Waals surface area contributed by atoms with Crippen LogP contribution < -0.4 is 0 Å². The maximum Gasteiger partial charge on any atom is 0.278 e. The first-order valence-corrected chi connectivity index (χ1v) is 10.4. The van der Waals surface area contributed by atoms with Gasteiger partial charge in [-0.3, -0.25) is 9.38 Å². The summed E-state index contributed by atoms with van der Waals surface area (Å²) in [5.41, 5.74) is 4.14. The SMILES string of the molecule is Cc1ccc(S(=O)(=O)N(C)N=Cc2cnc3ccc(-c4ccccn4)cn23)cc1. The van der Waals surface area contributed by atoms with Crippen molar-refractivity contribution < 1.29 is 8.42 Å². The fourth-order valence-corrected chi connectivity index (χ4v) is 3.80. The van der Waals surface area contributed by atoms with Crippen LogP contribution in [0.1, 0.15) is 11.3 Å². The van der Waals surface area contributed by atoms with Crippen molar-refractivity contribution in [2.24, 2.45) is 5.10 Å². The van der Waals surface area contributed by atoms with E-state index in [1.807, 2.05) is 47.9 Å². The van der Waals surface area contributed by atoms with Crippen LogP contribution in [-0.4, -0.2) is 40.5 Å². The van der Waals surface area contributed by atoms with E-state index < -0.39 is 10.0 Å². The third kappa shape index (κ3) is 3.74. The number of hydrogen-bond donors (Lipinski definition) is 0. The molecular formula is C21H19N5O2S. The molecule has 0 saturated heterocycles. The van der Waals surface area contributed by atoms with E-state index >= 15 is 0 Å². The molecule has 0 aliphatic rings.